The predicted octanol–water partition coefficient (Wildman–Crippen LogP) is 9.23. The number of para-hydroxylation sites is 2. The van der Waals surface area contributed by atoms with Gasteiger partial charge in [-0.05, 0) is 74.3 Å². The first-order valence-electron chi connectivity index (χ1n) is 14.8. The Morgan fingerprint density at radius 2 is 1.29 bits per heavy atom. The summed E-state index contributed by atoms with van der Waals surface area (Å²) in [5.41, 5.74) is 10.2. The molecule has 214 valence electrons. The van der Waals surface area contributed by atoms with Gasteiger partial charge >= 0.3 is 0 Å². The molecule has 0 N–H and O–H groups in total. The van der Waals surface area contributed by atoms with E-state index < -0.39 is 0 Å². The number of benzene rings is 3. The molecule has 45 heavy (non-hydrogen) atoms. The van der Waals surface area contributed by atoms with Gasteiger partial charge in [0.2, 0.25) is 0 Å². The summed E-state index contributed by atoms with van der Waals surface area (Å²) in [6.45, 7) is 5.70. The largest absolute Gasteiger partial charge is 0.308 e. The van der Waals surface area contributed by atoms with E-state index in [1.165, 1.54) is 10.8 Å². The van der Waals surface area contributed by atoms with Crippen LogP contribution in [-0.4, -0.2) is 30.8 Å². The standard InChI is InChI=1S/C39H28N6/c1-26-29(21-23-40-2)30-9-3-5-14-36(30)44(26)39-16-8-13-35(43-39)34-12-7-11-33(42-34)27-17-19-28(20-18-27)45-37-15-6-4-10-31(37)32-22-24-41-25-38(32)45/h3-25H,2H2,1H3/b23-21-. The normalized spacial score (nSPS) is 11.7. The van der Waals surface area contributed by atoms with Gasteiger partial charge < -0.3 is 4.57 Å². The van der Waals surface area contributed by atoms with Gasteiger partial charge in [0.15, 0.2) is 0 Å². The van der Waals surface area contributed by atoms with Crippen LogP contribution in [0.15, 0.2) is 139 Å². The van der Waals surface area contributed by atoms with Gasteiger partial charge in [-0.25, -0.2) is 9.97 Å². The molecule has 0 atom stereocenters. The highest BCUT2D eigenvalue weighted by molar-refractivity contribution is 6.08. The molecule has 0 saturated heterocycles. The number of nitrogens with zero attached hydrogens (tertiary/aromatic N) is 6. The zero-order valence-corrected chi connectivity index (χ0v) is 24.7. The zero-order chi connectivity index (χ0) is 30.3. The SMILES string of the molecule is C=N/C=C\c1c(C)n(-c2cccc(-c3cccc(-c4ccc(-n5c6ccccc6c6ccncc65)cc4)n3)n2)c2ccccc12. The molecule has 8 aromatic rings. The maximum absolute atomic E-state index is 5.09. The van der Waals surface area contributed by atoms with Crippen molar-refractivity contribution in [1.29, 1.82) is 0 Å². The van der Waals surface area contributed by atoms with E-state index in [1.807, 2.05) is 54.9 Å². The number of aliphatic imine (C=N–C) groups is 1. The molecule has 6 nitrogen and oxygen atoms in total. The predicted molar refractivity (Wildman–Crippen MR) is 185 cm³/mol. The highest BCUT2D eigenvalue weighted by Crippen LogP contribution is 2.33. The van der Waals surface area contributed by atoms with Crippen molar-refractivity contribution in [3.63, 3.8) is 0 Å². The molecule has 0 aliphatic carbocycles. The molecule has 5 aromatic heterocycles. The summed E-state index contributed by atoms with van der Waals surface area (Å²) in [7, 11) is 0. The smallest absolute Gasteiger partial charge is 0.138 e. The van der Waals surface area contributed by atoms with Crippen molar-refractivity contribution >= 4 is 45.5 Å². The lowest BCUT2D eigenvalue weighted by Gasteiger charge is -2.11. The number of hydrogen-bond donors (Lipinski definition) is 0. The Labute approximate surface area is 260 Å². The minimum Gasteiger partial charge on any atom is -0.308 e. The summed E-state index contributed by atoms with van der Waals surface area (Å²) in [6, 6.07) is 39.6. The summed E-state index contributed by atoms with van der Waals surface area (Å²) < 4.78 is 4.46. The minimum absolute atomic E-state index is 0.811. The quantitative estimate of drug-likeness (QED) is 0.184. The molecular formula is C39H28N6. The monoisotopic (exact) mass is 580 g/mol. The highest BCUT2D eigenvalue weighted by atomic mass is 15.1. The van der Waals surface area contributed by atoms with Crippen LogP contribution in [0.2, 0.25) is 0 Å². The summed E-state index contributed by atoms with van der Waals surface area (Å²) in [5, 5.41) is 3.55. The van der Waals surface area contributed by atoms with E-state index in [4.69, 9.17) is 9.97 Å². The maximum atomic E-state index is 5.09. The third-order valence-corrected chi connectivity index (χ3v) is 8.38. The van der Waals surface area contributed by atoms with Crippen molar-refractivity contribution in [3.05, 3.63) is 145 Å². The Morgan fingerprint density at radius 1 is 0.622 bits per heavy atom. The number of pyridine rings is 3. The lowest BCUT2D eigenvalue weighted by atomic mass is 10.1. The van der Waals surface area contributed by atoms with Gasteiger partial charge in [0.25, 0.3) is 0 Å². The fourth-order valence-electron chi connectivity index (χ4n) is 6.33. The van der Waals surface area contributed by atoms with Crippen molar-refractivity contribution in [2.45, 2.75) is 6.92 Å². The Morgan fingerprint density at radius 3 is 2.09 bits per heavy atom. The van der Waals surface area contributed by atoms with Crippen LogP contribution in [-0.2, 0) is 0 Å². The van der Waals surface area contributed by atoms with E-state index in [2.05, 4.69) is 112 Å². The molecule has 0 bridgehead atoms. The van der Waals surface area contributed by atoms with Crippen LogP contribution >= 0.6 is 0 Å². The molecule has 0 radical (unpaired) electrons. The van der Waals surface area contributed by atoms with E-state index in [0.717, 1.165) is 67.3 Å². The van der Waals surface area contributed by atoms with Crippen LogP contribution < -0.4 is 0 Å². The molecule has 0 fully saturated rings. The molecule has 6 heteroatoms. The van der Waals surface area contributed by atoms with E-state index in [1.54, 1.807) is 6.20 Å². The fraction of sp³-hybridized carbons (Fsp3) is 0.0256. The average Bonchev–Trinajstić information content (AvgIpc) is 3.59. The number of fused-ring (bicyclic) bond motifs is 4. The van der Waals surface area contributed by atoms with Crippen LogP contribution in [0.5, 0.6) is 0 Å². The van der Waals surface area contributed by atoms with Gasteiger partial charge in [0.05, 0.1) is 39.8 Å². The average molecular weight is 581 g/mol. The third-order valence-electron chi connectivity index (χ3n) is 8.38. The van der Waals surface area contributed by atoms with E-state index in [0.29, 0.717) is 0 Å². The van der Waals surface area contributed by atoms with Gasteiger partial charge in [0.1, 0.15) is 5.82 Å². The molecular weight excluding hydrogens is 552 g/mol. The van der Waals surface area contributed by atoms with Crippen LogP contribution in [0.1, 0.15) is 11.3 Å². The first kappa shape index (κ1) is 26.5. The second-order valence-electron chi connectivity index (χ2n) is 10.9. The van der Waals surface area contributed by atoms with Gasteiger partial charge in [0, 0.05) is 51.1 Å². The highest BCUT2D eigenvalue weighted by Gasteiger charge is 2.16. The maximum Gasteiger partial charge on any atom is 0.138 e. The van der Waals surface area contributed by atoms with E-state index in [-0.39, 0.29) is 0 Å². The zero-order valence-electron chi connectivity index (χ0n) is 24.7. The van der Waals surface area contributed by atoms with Gasteiger partial charge in [-0.2, -0.15) is 0 Å². The Balaban J connectivity index is 1.16. The Bertz CT molecular complexity index is 2360. The molecule has 8 rings (SSSR count). The summed E-state index contributed by atoms with van der Waals surface area (Å²) in [4.78, 5) is 18.5. The van der Waals surface area contributed by atoms with Crippen molar-refractivity contribution < 1.29 is 0 Å². The summed E-state index contributed by atoms with van der Waals surface area (Å²) in [5.74, 6) is 0.838. The molecule has 0 unspecified atom stereocenters. The van der Waals surface area contributed by atoms with Gasteiger partial charge in [-0.1, -0.05) is 60.7 Å². The Kier molecular flexibility index (Phi) is 6.38. The fourth-order valence-corrected chi connectivity index (χ4v) is 6.33. The van der Waals surface area contributed by atoms with E-state index >= 15 is 0 Å². The lowest BCUT2D eigenvalue weighted by molar-refractivity contribution is 0.991. The van der Waals surface area contributed by atoms with Crippen molar-refractivity contribution in [2.24, 2.45) is 4.99 Å². The molecule has 0 amide bonds. The van der Waals surface area contributed by atoms with Crippen LogP contribution in [0.25, 0.3) is 72.9 Å². The summed E-state index contributed by atoms with van der Waals surface area (Å²) >= 11 is 0. The second-order valence-corrected chi connectivity index (χ2v) is 10.9. The van der Waals surface area contributed by atoms with Crippen molar-refractivity contribution in [3.8, 4) is 34.2 Å². The second kappa shape index (κ2) is 10.8. The first-order valence-corrected chi connectivity index (χ1v) is 14.8. The van der Waals surface area contributed by atoms with Crippen molar-refractivity contribution in [1.82, 2.24) is 24.1 Å². The number of hydrogen-bond acceptors (Lipinski definition) is 4. The minimum atomic E-state index is 0.811. The molecule has 3 aromatic carbocycles. The number of aromatic nitrogens is 5. The number of rotatable bonds is 6. The molecule has 0 aliphatic rings. The third kappa shape index (κ3) is 4.43. The van der Waals surface area contributed by atoms with Crippen LogP contribution in [0, 0.1) is 6.92 Å². The molecule has 0 spiro atoms. The topological polar surface area (TPSA) is 60.9 Å². The Hall–Kier alpha value is -6.14. The lowest BCUT2D eigenvalue weighted by Crippen LogP contribution is -2.01. The molecule has 5 heterocycles. The van der Waals surface area contributed by atoms with Crippen LogP contribution in [0.3, 0.4) is 0 Å². The van der Waals surface area contributed by atoms with E-state index in [9.17, 15) is 0 Å². The van der Waals surface area contributed by atoms with Crippen molar-refractivity contribution in [2.75, 3.05) is 0 Å². The van der Waals surface area contributed by atoms with Crippen LogP contribution in [0.4, 0.5) is 0 Å². The summed E-state index contributed by atoms with van der Waals surface area (Å²) in [6.07, 6.45) is 7.51. The molecule has 0 saturated carbocycles. The molecule has 0 aliphatic heterocycles. The van der Waals surface area contributed by atoms with Gasteiger partial charge in [-0.3, -0.25) is 14.5 Å². The first-order chi connectivity index (χ1) is 22.2. The van der Waals surface area contributed by atoms with Gasteiger partial charge in [-0.15, -0.1) is 0 Å².